The Morgan fingerprint density at radius 2 is 1.90 bits per heavy atom. The van der Waals surface area contributed by atoms with Crippen LogP contribution in [0.15, 0.2) is 42.5 Å². The molecule has 0 spiro atoms. The molecule has 2 heterocycles. The molecule has 216 valence electrons. The largest absolute Gasteiger partial charge is 0.497 e. The van der Waals surface area contributed by atoms with E-state index in [0.717, 1.165) is 82.4 Å². The molecule has 0 aliphatic carbocycles. The maximum atomic E-state index is 6.68. The Kier molecular flexibility index (Phi) is 11.3. The summed E-state index contributed by atoms with van der Waals surface area (Å²) < 4.78 is 23.3. The molecule has 1 fully saturated rings. The summed E-state index contributed by atoms with van der Waals surface area (Å²) in [4.78, 5) is 4.95. The molecule has 7 nitrogen and oxygen atoms in total. The summed E-state index contributed by atoms with van der Waals surface area (Å²) in [5.41, 5.74) is 3.67. The number of fused-ring (bicyclic) bond motifs is 1. The first kappa shape index (κ1) is 29.7. The number of nitrogens with zero attached hydrogens (tertiary/aromatic N) is 2. The van der Waals surface area contributed by atoms with Gasteiger partial charge in [0.1, 0.15) is 18.1 Å². The first-order valence-corrected chi connectivity index (χ1v) is 14.8. The Hall–Kier alpha value is -2.32. The number of benzene rings is 2. The first-order chi connectivity index (χ1) is 19.1. The fourth-order valence-corrected chi connectivity index (χ4v) is 6.17. The number of anilines is 1. The normalized spacial score (nSPS) is 21.9. The summed E-state index contributed by atoms with van der Waals surface area (Å²) in [6.45, 7) is 13.8. The van der Waals surface area contributed by atoms with E-state index >= 15 is 0 Å². The quantitative estimate of drug-likeness (QED) is 0.336. The number of methoxy groups -OCH3 is 2. The number of hydrogen-bond acceptors (Lipinski definition) is 7. The van der Waals surface area contributed by atoms with Gasteiger partial charge in [-0.15, -0.1) is 0 Å². The lowest BCUT2D eigenvalue weighted by molar-refractivity contribution is 0.000312. The molecule has 2 aliphatic rings. The molecule has 0 radical (unpaired) electrons. The van der Waals surface area contributed by atoms with E-state index in [1.165, 1.54) is 11.1 Å². The van der Waals surface area contributed by atoms with Gasteiger partial charge in [-0.05, 0) is 74.7 Å². The molecule has 2 aromatic rings. The van der Waals surface area contributed by atoms with Crippen molar-refractivity contribution in [2.75, 3.05) is 65.1 Å². The third-order valence-electron chi connectivity index (χ3n) is 8.42. The molecule has 2 aromatic carbocycles. The minimum Gasteiger partial charge on any atom is -0.497 e. The van der Waals surface area contributed by atoms with Crippen LogP contribution in [0.1, 0.15) is 57.1 Å². The van der Waals surface area contributed by atoms with E-state index in [1.807, 2.05) is 0 Å². The Morgan fingerprint density at radius 3 is 2.62 bits per heavy atom. The van der Waals surface area contributed by atoms with Crippen molar-refractivity contribution >= 4 is 5.69 Å². The zero-order chi connectivity index (χ0) is 27.6. The van der Waals surface area contributed by atoms with E-state index in [2.05, 4.69) is 78.4 Å². The highest BCUT2D eigenvalue weighted by Gasteiger charge is 2.33. The van der Waals surface area contributed by atoms with Gasteiger partial charge in [-0.1, -0.05) is 32.0 Å². The van der Waals surface area contributed by atoms with Gasteiger partial charge < -0.3 is 34.1 Å². The molecule has 4 atom stereocenters. The van der Waals surface area contributed by atoms with Gasteiger partial charge in [0.05, 0.1) is 32.1 Å². The highest BCUT2D eigenvalue weighted by molar-refractivity contribution is 5.61. The van der Waals surface area contributed by atoms with Crippen molar-refractivity contribution in [2.24, 2.45) is 0 Å². The fraction of sp³-hybridized carbons (Fsp3) is 0.625. The average Bonchev–Trinajstić information content (AvgIpc) is 2.97. The van der Waals surface area contributed by atoms with E-state index < -0.39 is 0 Å². The van der Waals surface area contributed by atoms with E-state index in [9.17, 15) is 0 Å². The summed E-state index contributed by atoms with van der Waals surface area (Å²) >= 11 is 0. The topological polar surface area (TPSA) is 55.4 Å². The summed E-state index contributed by atoms with van der Waals surface area (Å²) in [5.74, 6) is 2.18. The maximum absolute atomic E-state index is 6.68. The van der Waals surface area contributed by atoms with Crippen LogP contribution in [0, 0.1) is 0 Å². The van der Waals surface area contributed by atoms with E-state index in [1.54, 1.807) is 14.2 Å². The van der Waals surface area contributed by atoms with Crippen LogP contribution in [-0.4, -0.2) is 83.2 Å². The molecule has 4 rings (SSSR count). The minimum absolute atomic E-state index is 0.100. The number of piperidine rings is 1. The molecule has 0 amide bonds. The summed E-state index contributed by atoms with van der Waals surface area (Å²) in [6, 6.07) is 16.1. The van der Waals surface area contributed by atoms with Crippen LogP contribution < -0.4 is 19.7 Å². The predicted octanol–water partition coefficient (Wildman–Crippen LogP) is 5.08. The zero-order valence-corrected chi connectivity index (χ0v) is 24.7. The van der Waals surface area contributed by atoms with Crippen molar-refractivity contribution in [3.8, 4) is 11.5 Å². The average molecular weight is 540 g/mol. The van der Waals surface area contributed by atoms with Gasteiger partial charge in [-0.25, -0.2) is 0 Å². The van der Waals surface area contributed by atoms with Gasteiger partial charge in [0, 0.05) is 44.8 Å². The zero-order valence-electron chi connectivity index (χ0n) is 24.7. The van der Waals surface area contributed by atoms with Gasteiger partial charge in [-0.3, -0.25) is 0 Å². The van der Waals surface area contributed by atoms with Crippen LogP contribution in [0.25, 0.3) is 0 Å². The van der Waals surface area contributed by atoms with Crippen LogP contribution >= 0.6 is 0 Å². The lowest BCUT2D eigenvalue weighted by Gasteiger charge is -2.39. The predicted molar refractivity (Wildman–Crippen MR) is 158 cm³/mol. The van der Waals surface area contributed by atoms with Crippen molar-refractivity contribution in [2.45, 2.75) is 70.7 Å². The SMILES string of the molecule is CCN(CC)C(C)C[C@H]1C[C@H](c2ccc(OC)cc2)[C@@H](OCc2ccc3c(c2)N(CCCOC)CCO3)CN1. The molecule has 39 heavy (non-hydrogen) atoms. The van der Waals surface area contributed by atoms with Crippen LogP contribution in [0.3, 0.4) is 0 Å². The summed E-state index contributed by atoms with van der Waals surface area (Å²) in [5, 5.41) is 3.83. The van der Waals surface area contributed by atoms with Gasteiger partial charge in [0.15, 0.2) is 0 Å². The van der Waals surface area contributed by atoms with E-state index in [0.29, 0.717) is 24.6 Å². The standard InChI is InChI=1S/C32H49N3O4/c1-6-34(7-2)24(3)19-27-21-29(26-10-12-28(37-5)13-11-26)32(22-33-27)39-23-25-9-14-31-30(20-25)35(16-18-38-31)15-8-17-36-4/h9-14,20,24,27,29,32-33H,6-8,15-19,21-23H2,1-5H3/t24?,27-,29+,32-/m0/s1. The molecular weight excluding hydrogens is 490 g/mol. The van der Waals surface area contributed by atoms with E-state index in [4.69, 9.17) is 18.9 Å². The highest BCUT2D eigenvalue weighted by atomic mass is 16.5. The number of nitrogens with one attached hydrogen (secondary N) is 1. The number of ether oxygens (including phenoxy) is 4. The lowest BCUT2D eigenvalue weighted by Crippen LogP contribution is -2.49. The van der Waals surface area contributed by atoms with Crippen LogP contribution in [0.2, 0.25) is 0 Å². The first-order valence-electron chi connectivity index (χ1n) is 14.8. The van der Waals surface area contributed by atoms with Crippen molar-refractivity contribution < 1.29 is 18.9 Å². The molecular formula is C32H49N3O4. The van der Waals surface area contributed by atoms with Crippen molar-refractivity contribution in [1.29, 1.82) is 0 Å². The second-order valence-corrected chi connectivity index (χ2v) is 10.9. The van der Waals surface area contributed by atoms with Crippen LogP contribution in [0.5, 0.6) is 11.5 Å². The number of rotatable bonds is 14. The molecule has 0 aromatic heterocycles. The number of hydrogen-bond donors (Lipinski definition) is 1. The van der Waals surface area contributed by atoms with Gasteiger partial charge >= 0.3 is 0 Å². The molecule has 0 saturated carbocycles. The van der Waals surface area contributed by atoms with Gasteiger partial charge in [-0.2, -0.15) is 0 Å². The molecule has 7 heteroatoms. The molecule has 1 saturated heterocycles. The molecule has 1 unspecified atom stereocenters. The summed E-state index contributed by atoms with van der Waals surface area (Å²) in [7, 11) is 3.48. The maximum Gasteiger partial charge on any atom is 0.142 e. The third-order valence-corrected chi connectivity index (χ3v) is 8.42. The smallest absolute Gasteiger partial charge is 0.142 e. The Bertz CT molecular complexity index is 997. The lowest BCUT2D eigenvalue weighted by atomic mass is 9.82. The monoisotopic (exact) mass is 539 g/mol. The van der Waals surface area contributed by atoms with Crippen molar-refractivity contribution in [3.05, 3.63) is 53.6 Å². The van der Waals surface area contributed by atoms with Crippen LogP contribution in [0.4, 0.5) is 5.69 Å². The highest BCUT2D eigenvalue weighted by Crippen LogP contribution is 2.35. The molecule has 1 N–H and O–H groups in total. The second kappa shape index (κ2) is 14.9. The van der Waals surface area contributed by atoms with Gasteiger partial charge in [0.25, 0.3) is 0 Å². The summed E-state index contributed by atoms with van der Waals surface area (Å²) in [6.07, 6.45) is 3.31. The Labute approximate surface area is 235 Å². The van der Waals surface area contributed by atoms with Crippen molar-refractivity contribution in [1.82, 2.24) is 10.2 Å². The van der Waals surface area contributed by atoms with Gasteiger partial charge in [0.2, 0.25) is 0 Å². The Morgan fingerprint density at radius 1 is 1.10 bits per heavy atom. The minimum atomic E-state index is 0.100. The third kappa shape index (κ3) is 7.88. The Balaban J connectivity index is 1.45. The molecule has 2 aliphatic heterocycles. The van der Waals surface area contributed by atoms with E-state index in [-0.39, 0.29) is 6.10 Å². The van der Waals surface area contributed by atoms with Crippen molar-refractivity contribution in [3.63, 3.8) is 0 Å². The molecule has 0 bridgehead atoms. The fourth-order valence-electron chi connectivity index (χ4n) is 6.17. The second-order valence-electron chi connectivity index (χ2n) is 10.9. The van der Waals surface area contributed by atoms with Crippen LogP contribution in [-0.2, 0) is 16.1 Å².